The fourth-order valence-electron chi connectivity index (χ4n) is 3.36. The van der Waals surface area contributed by atoms with E-state index in [4.69, 9.17) is 4.74 Å². The van der Waals surface area contributed by atoms with Crippen molar-refractivity contribution in [1.29, 1.82) is 0 Å². The molecule has 130 valence electrons. The Kier molecular flexibility index (Phi) is 6.49. The van der Waals surface area contributed by atoms with Crippen LogP contribution in [0.5, 0.6) is 5.75 Å². The Hall–Kier alpha value is -1.51. The second kappa shape index (κ2) is 8.37. The van der Waals surface area contributed by atoms with Crippen LogP contribution in [0.4, 0.5) is 5.69 Å². The molecule has 1 aromatic carbocycles. The Morgan fingerprint density at radius 1 is 1.22 bits per heavy atom. The third kappa shape index (κ3) is 4.27. The van der Waals surface area contributed by atoms with Crippen molar-refractivity contribution in [3.8, 4) is 5.75 Å². The highest BCUT2D eigenvalue weighted by molar-refractivity contribution is 5.94. The molecule has 2 unspecified atom stereocenters. The predicted octanol–water partition coefficient (Wildman–Crippen LogP) is 5.22. The Labute approximate surface area is 142 Å². The summed E-state index contributed by atoms with van der Waals surface area (Å²) in [5.74, 6) is 1.98. The highest BCUT2D eigenvalue weighted by Crippen LogP contribution is 2.35. The van der Waals surface area contributed by atoms with E-state index in [2.05, 4.69) is 31.3 Å². The molecule has 3 heteroatoms. The van der Waals surface area contributed by atoms with Crippen molar-refractivity contribution in [3.63, 3.8) is 0 Å². The van der Waals surface area contributed by atoms with E-state index in [-0.39, 0.29) is 13.3 Å². The number of amides is 1. The zero-order valence-electron chi connectivity index (χ0n) is 15.1. The first-order chi connectivity index (χ1) is 11.2. The number of carbonyl (C=O) groups excluding carboxylic acids is 1. The van der Waals surface area contributed by atoms with Crippen LogP contribution in [0.2, 0.25) is 0 Å². The van der Waals surface area contributed by atoms with Gasteiger partial charge in [-0.05, 0) is 61.3 Å². The van der Waals surface area contributed by atoms with Crippen molar-refractivity contribution in [2.24, 2.45) is 11.8 Å². The van der Waals surface area contributed by atoms with Gasteiger partial charge in [0, 0.05) is 13.0 Å². The maximum absolute atomic E-state index is 12.3. The van der Waals surface area contributed by atoms with Crippen LogP contribution in [0.3, 0.4) is 0 Å². The van der Waals surface area contributed by atoms with Crippen molar-refractivity contribution in [1.82, 2.24) is 0 Å². The predicted molar refractivity (Wildman–Crippen MR) is 98.2 cm³/mol. The molecule has 0 saturated heterocycles. The normalized spacial score (nSPS) is 23.0. The van der Waals surface area contributed by atoms with Gasteiger partial charge in [-0.2, -0.15) is 0 Å². The maximum Gasteiger partial charge on any atom is 0.227 e. The van der Waals surface area contributed by atoms with Crippen molar-refractivity contribution in [2.75, 3.05) is 11.9 Å². The smallest absolute Gasteiger partial charge is 0.227 e. The average molecular weight is 319 g/mol. The lowest BCUT2D eigenvalue weighted by Gasteiger charge is -2.13. The van der Waals surface area contributed by atoms with Crippen LogP contribution in [-0.2, 0) is 17.6 Å². The number of hydrogen-bond donors (Lipinski definition) is 1. The quantitative estimate of drug-likeness (QED) is 0.811. The van der Waals surface area contributed by atoms with Crippen molar-refractivity contribution < 1.29 is 11.0 Å². The van der Waals surface area contributed by atoms with Crippen molar-refractivity contribution in [2.45, 2.75) is 66.2 Å². The number of carbonyl (C=O) groups is 1. The standard InChI is InChI=1S/C18H25NO2.C2H6.H2/c1-3-4-13-7-8-14-10-17-15(6-5-12(2)11-21-17)9-16(14)19-18(13)20;1-2;/h9-10,12-13H,3-8,11H2,1-2H3,(H,19,20);1-2H3;1H. The molecule has 2 heterocycles. The summed E-state index contributed by atoms with van der Waals surface area (Å²) in [5, 5.41) is 3.14. The molecular weight excluding hydrogens is 286 g/mol. The van der Waals surface area contributed by atoms with Gasteiger partial charge in [-0.15, -0.1) is 0 Å². The number of aryl methyl sites for hydroxylation is 2. The second-order valence-corrected chi connectivity index (χ2v) is 6.59. The minimum atomic E-state index is 0. The van der Waals surface area contributed by atoms with Crippen LogP contribution >= 0.6 is 0 Å². The fourth-order valence-corrected chi connectivity index (χ4v) is 3.36. The fraction of sp³-hybridized carbons (Fsp3) is 0.650. The van der Waals surface area contributed by atoms with Gasteiger partial charge >= 0.3 is 0 Å². The van der Waals surface area contributed by atoms with Crippen LogP contribution in [-0.4, -0.2) is 12.5 Å². The summed E-state index contributed by atoms with van der Waals surface area (Å²) < 4.78 is 5.96. The van der Waals surface area contributed by atoms with Gasteiger partial charge in [0.25, 0.3) is 0 Å². The third-order valence-electron chi connectivity index (χ3n) is 4.74. The van der Waals surface area contributed by atoms with Crippen LogP contribution in [0.1, 0.15) is 65.9 Å². The van der Waals surface area contributed by atoms with Crippen LogP contribution in [0.25, 0.3) is 0 Å². The number of hydrogen-bond acceptors (Lipinski definition) is 2. The molecule has 0 spiro atoms. The monoisotopic (exact) mass is 319 g/mol. The molecular formula is C20H33NO2. The van der Waals surface area contributed by atoms with E-state index in [0.29, 0.717) is 5.92 Å². The van der Waals surface area contributed by atoms with Crippen LogP contribution in [0.15, 0.2) is 12.1 Å². The van der Waals surface area contributed by atoms with Gasteiger partial charge in [0.05, 0.1) is 6.61 Å². The van der Waals surface area contributed by atoms with E-state index in [1.807, 2.05) is 13.8 Å². The summed E-state index contributed by atoms with van der Waals surface area (Å²) in [6, 6.07) is 4.31. The first-order valence-electron chi connectivity index (χ1n) is 9.26. The van der Waals surface area contributed by atoms with Gasteiger partial charge in [-0.1, -0.05) is 34.1 Å². The van der Waals surface area contributed by atoms with Crippen molar-refractivity contribution >= 4 is 11.6 Å². The van der Waals surface area contributed by atoms with Gasteiger partial charge in [0.2, 0.25) is 5.91 Å². The molecule has 3 rings (SSSR count). The third-order valence-corrected chi connectivity index (χ3v) is 4.74. The average Bonchev–Trinajstić information content (AvgIpc) is 2.83. The first kappa shape index (κ1) is 17.8. The number of anilines is 1. The van der Waals surface area contributed by atoms with Gasteiger partial charge in [-0.25, -0.2) is 0 Å². The number of ether oxygens (including phenoxy) is 1. The number of benzene rings is 1. The summed E-state index contributed by atoms with van der Waals surface area (Å²) >= 11 is 0. The molecule has 23 heavy (non-hydrogen) atoms. The number of fused-ring (bicyclic) bond motifs is 2. The SMILES string of the molecule is CC.CCCC1CCc2cc3c(cc2NC1=O)CCC(C)CO3.[HH]. The molecule has 0 radical (unpaired) electrons. The van der Waals surface area contributed by atoms with Gasteiger partial charge < -0.3 is 10.1 Å². The minimum Gasteiger partial charge on any atom is -0.493 e. The molecule has 1 aromatic rings. The highest BCUT2D eigenvalue weighted by atomic mass is 16.5. The van der Waals surface area contributed by atoms with Gasteiger partial charge in [0.1, 0.15) is 5.75 Å². The Morgan fingerprint density at radius 3 is 2.70 bits per heavy atom. The lowest BCUT2D eigenvalue weighted by atomic mass is 9.95. The summed E-state index contributed by atoms with van der Waals surface area (Å²) in [5.41, 5.74) is 3.48. The first-order valence-corrected chi connectivity index (χ1v) is 9.26. The zero-order chi connectivity index (χ0) is 16.8. The lowest BCUT2D eigenvalue weighted by Crippen LogP contribution is -2.21. The lowest BCUT2D eigenvalue weighted by molar-refractivity contribution is -0.120. The van der Waals surface area contributed by atoms with E-state index in [1.54, 1.807) is 0 Å². The molecule has 0 bridgehead atoms. The molecule has 0 saturated carbocycles. The number of nitrogens with one attached hydrogen (secondary N) is 1. The maximum atomic E-state index is 12.3. The molecule has 0 aromatic heterocycles. The van der Waals surface area contributed by atoms with E-state index in [0.717, 1.165) is 56.6 Å². The van der Waals surface area contributed by atoms with Crippen LogP contribution < -0.4 is 10.1 Å². The Balaban J connectivity index is 0.000000925. The summed E-state index contributed by atoms with van der Waals surface area (Å²) in [6.07, 6.45) is 6.14. The molecule has 2 atom stereocenters. The molecule has 3 nitrogen and oxygen atoms in total. The van der Waals surface area contributed by atoms with Gasteiger partial charge in [0.15, 0.2) is 0 Å². The van der Waals surface area contributed by atoms with Crippen LogP contribution in [0, 0.1) is 11.8 Å². The molecule has 2 aliphatic heterocycles. The topological polar surface area (TPSA) is 38.3 Å². The van der Waals surface area contributed by atoms with E-state index in [1.165, 1.54) is 11.1 Å². The highest BCUT2D eigenvalue weighted by Gasteiger charge is 2.25. The van der Waals surface area contributed by atoms with E-state index < -0.39 is 0 Å². The van der Waals surface area contributed by atoms with Gasteiger partial charge in [-0.3, -0.25) is 4.79 Å². The zero-order valence-corrected chi connectivity index (χ0v) is 15.1. The molecule has 0 aliphatic carbocycles. The molecule has 1 amide bonds. The van der Waals surface area contributed by atoms with E-state index >= 15 is 0 Å². The Morgan fingerprint density at radius 2 is 1.96 bits per heavy atom. The Bertz CT molecular complexity index is 545. The molecule has 1 N–H and O–H groups in total. The number of rotatable bonds is 2. The molecule has 0 fully saturated rings. The molecule has 2 aliphatic rings. The summed E-state index contributed by atoms with van der Waals surface area (Å²) in [7, 11) is 0. The summed E-state index contributed by atoms with van der Waals surface area (Å²) in [4.78, 5) is 12.3. The second-order valence-electron chi connectivity index (χ2n) is 6.59. The largest absolute Gasteiger partial charge is 0.493 e. The van der Waals surface area contributed by atoms with E-state index in [9.17, 15) is 4.79 Å². The summed E-state index contributed by atoms with van der Waals surface area (Å²) in [6.45, 7) is 9.17. The minimum absolute atomic E-state index is 0. The van der Waals surface area contributed by atoms with Crippen molar-refractivity contribution in [3.05, 3.63) is 23.3 Å².